The zero-order chi connectivity index (χ0) is 23.1. The molecule has 3 atom stereocenters. The predicted octanol–water partition coefficient (Wildman–Crippen LogP) is 6.26. The third-order valence-electron chi connectivity index (χ3n) is 6.13. The Hall–Kier alpha value is -2.47. The highest BCUT2D eigenvalue weighted by atomic mass is 28.4. The molecule has 1 heterocycles. The largest absolute Gasteiger partial charge is 0.387 e. The van der Waals surface area contributed by atoms with Crippen molar-refractivity contribution in [2.75, 3.05) is 7.11 Å². The Morgan fingerprint density at radius 1 is 0.938 bits per heavy atom. The summed E-state index contributed by atoms with van der Waals surface area (Å²) in [6, 6.07) is 23.7. The summed E-state index contributed by atoms with van der Waals surface area (Å²) in [5.41, 5.74) is 1.71. The summed E-state index contributed by atoms with van der Waals surface area (Å²) in [6.07, 6.45) is 0. The van der Waals surface area contributed by atoms with E-state index >= 15 is 0 Å². The molecule has 168 valence electrons. The summed E-state index contributed by atoms with van der Waals surface area (Å²) in [6.45, 7) is 10.8. The molecule has 0 bridgehead atoms. The van der Waals surface area contributed by atoms with Crippen LogP contribution < -0.4 is 0 Å². The van der Waals surface area contributed by atoms with Crippen molar-refractivity contribution < 1.29 is 14.0 Å². The van der Waals surface area contributed by atoms with E-state index in [1.165, 1.54) is 5.39 Å². The van der Waals surface area contributed by atoms with Crippen molar-refractivity contribution >= 4 is 25.0 Å². The first-order chi connectivity index (χ1) is 15.2. The number of carbonyl (C=O) groups is 1. The zero-order valence-corrected chi connectivity index (χ0v) is 20.8. The molecule has 3 aromatic rings. The summed E-state index contributed by atoms with van der Waals surface area (Å²) in [5.74, 6) is -0.712. The van der Waals surface area contributed by atoms with Crippen molar-refractivity contribution in [1.29, 1.82) is 0 Å². The maximum absolute atomic E-state index is 13.8. The molecule has 32 heavy (non-hydrogen) atoms. The summed E-state index contributed by atoms with van der Waals surface area (Å²) in [4.78, 5) is 15.8. The fourth-order valence-electron chi connectivity index (χ4n) is 5.03. The number of likely N-dealkylation sites (tertiary alicyclic amines) is 1. The Morgan fingerprint density at radius 3 is 2.16 bits per heavy atom. The molecule has 0 aliphatic carbocycles. The van der Waals surface area contributed by atoms with Crippen LogP contribution in [0.15, 0.2) is 72.8 Å². The first-order valence-corrected chi connectivity index (χ1v) is 14.7. The summed E-state index contributed by atoms with van der Waals surface area (Å²) in [5, 5.41) is 2.31. The lowest BCUT2D eigenvalue weighted by molar-refractivity contribution is -0.318. The Kier molecular flexibility index (Phi) is 6.01. The van der Waals surface area contributed by atoms with E-state index in [0.717, 1.165) is 10.9 Å². The first kappa shape index (κ1) is 22.7. The van der Waals surface area contributed by atoms with Crippen LogP contribution >= 0.6 is 0 Å². The van der Waals surface area contributed by atoms with Crippen molar-refractivity contribution in [2.45, 2.75) is 51.4 Å². The summed E-state index contributed by atoms with van der Waals surface area (Å²) < 4.78 is 13.0. The average molecular weight is 448 g/mol. The summed E-state index contributed by atoms with van der Waals surface area (Å²) in [7, 11) is -0.290. The van der Waals surface area contributed by atoms with Gasteiger partial charge in [0.15, 0.2) is 8.32 Å². The van der Waals surface area contributed by atoms with Gasteiger partial charge in [-0.1, -0.05) is 68.4 Å². The number of fused-ring (bicyclic) bond motifs is 1. The number of nitrogens with zero attached hydrogens (tertiary/aromatic N) is 1. The molecule has 1 aliphatic heterocycles. The van der Waals surface area contributed by atoms with Crippen molar-refractivity contribution in [3.05, 3.63) is 83.9 Å². The van der Waals surface area contributed by atoms with Gasteiger partial charge in [-0.25, -0.2) is 0 Å². The number of amides is 1. The molecule has 1 amide bonds. The van der Waals surface area contributed by atoms with Gasteiger partial charge >= 0.3 is 0 Å². The maximum atomic E-state index is 13.8. The molecule has 0 aromatic heterocycles. The normalized spacial score (nSPS) is 23.4. The second kappa shape index (κ2) is 8.47. The smallest absolute Gasteiger partial charge is 0.255 e. The predicted molar refractivity (Wildman–Crippen MR) is 132 cm³/mol. The number of hydrogen-bond acceptors (Lipinski definition) is 3. The van der Waals surface area contributed by atoms with E-state index in [2.05, 4.69) is 63.8 Å². The van der Waals surface area contributed by atoms with Crippen molar-refractivity contribution in [3.63, 3.8) is 0 Å². The number of methoxy groups -OCH3 is 1. The average Bonchev–Trinajstić information content (AvgIpc) is 2.75. The quantitative estimate of drug-likeness (QED) is 0.331. The van der Waals surface area contributed by atoms with E-state index < -0.39 is 14.1 Å². The Morgan fingerprint density at radius 2 is 1.56 bits per heavy atom. The topological polar surface area (TPSA) is 38.8 Å². The van der Waals surface area contributed by atoms with Crippen LogP contribution in [-0.2, 0) is 9.16 Å². The maximum Gasteiger partial charge on any atom is 0.255 e. The van der Waals surface area contributed by atoms with E-state index in [1.807, 2.05) is 47.4 Å². The standard InChI is InChI=1S/C27H33NO3Si/c1-19(2)24-27(30-3,31-32(4,5)6)25(28(24)26(29)21-13-8-7-9-14-21)23-17-16-20-12-10-11-15-22(20)18-23/h7-19,24-25H,1-6H3/t24-,25+,27+/m0/s1. The van der Waals surface area contributed by atoms with E-state index in [0.29, 0.717) is 5.56 Å². The minimum Gasteiger partial charge on any atom is -0.387 e. The number of carbonyl (C=O) groups excluding carboxylic acids is 1. The minimum atomic E-state index is -2.01. The number of ether oxygens (including phenoxy) is 1. The SMILES string of the molecule is CO[C@@]1(O[Si](C)(C)C)[C@H](C(C)C)N(C(=O)c2ccccc2)[C@@H]1c1ccc2ccccc2c1. The van der Waals surface area contributed by atoms with Gasteiger partial charge in [0.1, 0.15) is 6.04 Å². The molecule has 3 aromatic carbocycles. The molecule has 4 rings (SSSR count). The van der Waals surface area contributed by atoms with Gasteiger partial charge < -0.3 is 14.1 Å². The van der Waals surface area contributed by atoms with Crippen LogP contribution in [0, 0.1) is 5.92 Å². The Balaban J connectivity index is 1.88. The van der Waals surface area contributed by atoms with Crippen LogP contribution in [0.5, 0.6) is 0 Å². The van der Waals surface area contributed by atoms with Gasteiger partial charge in [0, 0.05) is 12.7 Å². The van der Waals surface area contributed by atoms with E-state index in [4.69, 9.17) is 9.16 Å². The molecule has 0 saturated carbocycles. The molecule has 4 nitrogen and oxygen atoms in total. The van der Waals surface area contributed by atoms with Crippen LogP contribution in [-0.4, -0.2) is 38.1 Å². The van der Waals surface area contributed by atoms with Gasteiger partial charge in [-0.05, 0) is 60.1 Å². The Bertz CT molecular complexity index is 1110. The van der Waals surface area contributed by atoms with Crippen molar-refractivity contribution in [1.82, 2.24) is 4.90 Å². The molecular weight excluding hydrogens is 414 g/mol. The highest BCUT2D eigenvalue weighted by Crippen LogP contribution is 2.54. The van der Waals surface area contributed by atoms with Crippen LogP contribution in [0.25, 0.3) is 10.8 Å². The van der Waals surface area contributed by atoms with Gasteiger partial charge in [-0.3, -0.25) is 4.79 Å². The number of hydrogen-bond donors (Lipinski definition) is 0. The van der Waals surface area contributed by atoms with Gasteiger partial charge in [-0.15, -0.1) is 0 Å². The van der Waals surface area contributed by atoms with Gasteiger partial charge in [0.25, 0.3) is 5.91 Å². The van der Waals surface area contributed by atoms with E-state index in [9.17, 15) is 4.79 Å². The van der Waals surface area contributed by atoms with Gasteiger partial charge in [-0.2, -0.15) is 0 Å². The Labute approximate surface area is 192 Å². The molecule has 0 unspecified atom stereocenters. The van der Waals surface area contributed by atoms with E-state index in [-0.39, 0.29) is 23.9 Å². The molecule has 1 fully saturated rings. The third kappa shape index (κ3) is 3.89. The minimum absolute atomic E-state index is 0.00862. The molecule has 0 N–H and O–H groups in total. The third-order valence-corrected chi connectivity index (χ3v) is 7.06. The molecule has 1 aliphatic rings. The molecule has 5 heteroatoms. The lowest BCUT2D eigenvalue weighted by Crippen LogP contribution is -2.77. The number of rotatable bonds is 6. The van der Waals surface area contributed by atoms with Crippen molar-refractivity contribution in [3.8, 4) is 0 Å². The number of benzene rings is 3. The molecule has 0 radical (unpaired) electrons. The zero-order valence-electron chi connectivity index (χ0n) is 19.8. The van der Waals surface area contributed by atoms with E-state index in [1.54, 1.807) is 7.11 Å². The highest BCUT2D eigenvalue weighted by Gasteiger charge is 2.66. The second-order valence-electron chi connectivity index (χ2n) is 9.92. The second-order valence-corrected chi connectivity index (χ2v) is 14.3. The summed E-state index contributed by atoms with van der Waals surface area (Å²) >= 11 is 0. The van der Waals surface area contributed by atoms with Gasteiger partial charge in [0.2, 0.25) is 5.79 Å². The molecule has 0 spiro atoms. The lowest BCUT2D eigenvalue weighted by atomic mass is 9.74. The van der Waals surface area contributed by atoms with Crippen LogP contribution in [0.1, 0.15) is 35.8 Å². The monoisotopic (exact) mass is 447 g/mol. The van der Waals surface area contributed by atoms with Crippen LogP contribution in [0.2, 0.25) is 19.6 Å². The molecular formula is C27H33NO3Si. The van der Waals surface area contributed by atoms with Crippen molar-refractivity contribution in [2.24, 2.45) is 5.92 Å². The highest BCUT2D eigenvalue weighted by molar-refractivity contribution is 6.69. The first-order valence-electron chi connectivity index (χ1n) is 11.3. The fraction of sp³-hybridized carbons (Fsp3) is 0.370. The van der Waals surface area contributed by atoms with Gasteiger partial charge in [0.05, 0.1) is 6.04 Å². The van der Waals surface area contributed by atoms with Crippen LogP contribution in [0.3, 0.4) is 0 Å². The van der Waals surface area contributed by atoms with Crippen LogP contribution in [0.4, 0.5) is 0 Å². The molecule has 1 saturated heterocycles. The fourth-order valence-corrected chi connectivity index (χ4v) is 6.30. The lowest BCUT2D eigenvalue weighted by Gasteiger charge is -2.64.